The third kappa shape index (κ3) is 6.72. The highest BCUT2D eigenvalue weighted by atomic mass is 35.5. The maximum absolute atomic E-state index is 12.6. The second-order valence-electron chi connectivity index (χ2n) is 9.40. The van der Waals surface area contributed by atoms with E-state index < -0.39 is 23.5 Å². The maximum Gasteiger partial charge on any atom is 0.340 e. The van der Waals surface area contributed by atoms with Gasteiger partial charge >= 0.3 is 5.97 Å². The van der Waals surface area contributed by atoms with E-state index in [-0.39, 0.29) is 38.8 Å². The summed E-state index contributed by atoms with van der Waals surface area (Å²) in [6.45, 7) is 0. The molecule has 3 N–H and O–H groups in total. The Balaban J connectivity index is 1.63. The molecule has 0 bridgehead atoms. The molecule has 0 saturated heterocycles. The molecule has 0 aliphatic heterocycles. The van der Waals surface area contributed by atoms with Gasteiger partial charge in [-0.15, -0.1) is 10.2 Å². The molecule has 0 aromatic heterocycles. The van der Waals surface area contributed by atoms with Crippen LogP contribution in [-0.4, -0.2) is 47.3 Å². The van der Waals surface area contributed by atoms with Gasteiger partial charge in [-0.2, -0.15) is 0 Å². The van der Waals surface area contributed by atoms with Crippen molar-refractivity contribution in [1.82, 2.24) is 0 Å². The normalized spacial score (nSPS) is 12.1. The van der Waals surface area contributed by atoms with Gasteiger partial charge < -0.3 is 24.8 Å². The fourth-order valence-electron chi connectivity index (χ4n) is 4.38. The minimum atomic E-state index is -0.714. The number of hydrogen-bond donors (Lipinski definition) is 3. The van der Waals surface area contributed by atoms with Crippen molar-refractivity contribution < 1.29 is 29.6 Å². The summed E-state index contributed by atoms with van der Waals surface area (Å²) in [7, 11) is 2.69. The number of aliphatic imine (C=N–C) groups is 2. The van der Waals surface area contributed by atoms with E-state index in [4.69, 9.17) is 32.7 Å². The summed E-state index contributed by atoms with van der Waals surface area (Å²) in [5.41, 5.74) is 0.752. The van der Waals surface area contributed by atoms with Gasteiger partial charge in [0.25, 0.3) is 0 Å². The van der Waals surface area contributed by atoms with Gasteiger partial charge in [-0.25, -0.2) is 14.8 Å². The Hall–Kier alpha value is -5.45. The summed E-state index contributed by atoms with van der Waals surface area (Å²) in [5.74, 6) is -1.63. The molecular weight excluding hydrogens is 619 g/mol. The molecule has 0 unspecified atom stereocenters. The van der Waals surface area contributed by atoms with Crippen molar-refractivity contribution in [2.45, 2.75) is 0 Å². The number of aromatic hydroxyl groups is 1. The van der Waals surface area contributed by atoms with Gasteiger partial charge in [-0.1, -0.05) is 59.6 Å². The number of methoxy groups -OCH3 is 2. The Morgan fingerprint density at radius 1 is 0.733 bits per heavy atom. The summed E-state index contributed by atoms with van der Waals surface area (Å²) < 4.78 is 10.2. The first-order valence-electron chi connectivity index (χ1n) is 13.2. The third-order valence-corrected chi connectivity index (χ3v) is 7.16. The fraction of sp³-hybridized carbons (Fsp3) is 0.0606. The number of nitrogens with zero attached hydrogens (tertiary/aromatic N) is 4. The minimum Gasteiger partial charge on any atom is -0.505 e. The van der Waals surface area contributed by atoms with Crippen LogP contribution in [0.3, 0.4) is 0 Å². The molecule has 0 atom stereocenters. The van der Waals surface area contributed by atoms with Crippen LogP contribution < -0.4 is 4.74 Å². The number of azo groups is 1. The molecule has 45 heavy (non-hydrogen) atoms. The maximum atomic E-state index is 12.6. The van der Waals surface area contributed by atoms with E-state index in [1.807, 2.05) is 0 Å². The number of carbonyl (C=O) groups excluding carboxylic acids is 1. The number of hydrogen-bond acceptors (Lipinski definition) is 8. The molecule has 5 rings (SSSR count). The summed E-state index contributed by atoms with van der Waals surface area (Å²) in [6, 6.07) is 24.2. The molecule has 0 spiro atoms. The van der Waals surface area contributed by atoms with Crippen molar-refractivity contribution in [3.8, 4) is 11.5 Å². The summed E-state index contributed by atoms with van der Waals surface area (Å²) >= 11 is 12.2. The largest absolute Gasteiger partial charge is 0.505 e. The van der Waals surface area contributed by atoms with Crippen LogP contribution in [0.25, 0.3) is 10.8 Å². The Kier molecular flexibility index (Phi) is 9.27. The predicted octanol–water partition coefficient (Wildman–Crippen LogP) is 9.34. The Morgan fingerprint density at radius 2 is 1.47 bits per heavy atom. The van der Waals surface area contributed by atoms with E-state index >= 15 is 0 Å². The van der Waals surface area contributed by atoms with Crippen LogP contribution in [0.5, 0.6) is 11.5 Å². The van der Waals surface area contributed by atoms with Gasteiger partial charge in [-0.3, -0.25) is 0 Å². The highest BCUT2D eigenvalue weighted by Crippen LogP contribution is 2.40. The number of aliphatic hydroxyl groups excluding tert-OH is 2. The number of phenolic OH excluding ortho intramolecular Hbond substituents is 1. The number of ether oxygens (including phenoxy) is 2. The molecule has 0 saturated carbocycles. The zero-order chi connectivity index (χ0) is 32.1. The van der Waals surface area contributed by atoms with Crippen molar-refractivity contribution in [1.29, 1.82) is 0 Å². The second kappa shape index (κ2) is 13.5. The van der Waals surface area contributed by atoms with Gasteiger partial charge in [0.1, 0.15) is 22.8 Å². The molecule has 0 aliphatic carbocycles. The molecule has 0 fully saturated rings. The molecule has 226 valence electrons. The number of halogens is 2. The zero-order valence-electron chi connectivity index (χ0n) is 23.8. The molecule has 0 aliphatic rings. The van der Waals surface area contributed by atoms with Gasteiger partial charge in [0.2, 0.25) is 11.8 Å². The van der Waals surface area contributed by atoms with Crippen LogP contribution in [0.15, 0.2) is 111 Å². The van der Waals surface area contributed by atoms with E-state index in [1.165, 1.54) is 38.5 Å². The Bertz CT molecular complexity index is 2030. The lowest BCUT2D eigenvalue weighted by Gasteiger charge is -2.11. The topological polar surface area (TPSA) is 146 Å². The number of benzene rings is 5. The van der Waals surface area contributed by atoms with Crippen molar-refractivity contribution in [3.05, 3.63) is 118 Å². The van der Waals surface area contributed by atoms with Crippen molar-refractivity contribution in [2.75, 3.05) is 14.2 Å². The van der Waals surface area contributed by atoms with Gasteiger partial charge in [0.15, 0.2) is 5.75 Å². The summed E-state index contributed by atoms with van der Waals surface area (Å²) in [5, 5.41) is 43.4. The highest BCUT2D eigenvalue weighted by Gasteiger charge is 2.19. The number of carbonyl (C=O) groups is 1. The predicted molar refractivity (Wildman–Crippen MR) is 175 cm³/mol. The molecule has 5 aromatic carbocycles. The number of fused-ring (bicyclic) bond motifs is 1. The Morgan fingerprint density at radius 3 is 2.24 bits per heavy atom. The first kappa shape index (κ1) is 31.0. The summed E-state index contributed by atoms with van der Waals surface area (Å²) in [6.07, 6.45) is 0. The standard InChI is InChI=1S/C33H24Cl2N4O6/c1-44-28-10-6-5-9-25(28)36-32(42)23-15-18-7-3-4-8-21(18)29(30(23)40)39-38-26-16-19(11-13-22(26)33(43)45-2)31(41)37-27-17-20(34)12-14-24(27)35/h3-17,40H,1-2H3,(H,36,42)(H,37,41). The summed E-state index contributed by atoms with van der Waals surface area (Å²) in [4.78, 5) is 21.0. The van der Waals surface area contributed by atoms with Crippen LogP contribution in [0.4, 0.5) is 22.7 Å². The number of rotatable bonds is 8. The third-order valence-electron chi connectivity index (χ3n) is 6.60. The first-order chi connectivity index (χ1) is 21.7. The average Bonchev–Trinajstić information content (AvgIpc) is 3.05. The minimum absolute atomic E-state index is 0.000846. The van der Waals surface area contributed by atoms with E-state index in [0.29, 0.717) is 27.2 Å². The van der Waals surface area contributed by atoms with Crippen LogP contribution in [-0.2, 0) is 4.74 Å². The lowest BCUT2D eigenvalue weighted by Crippen LogP contribution is -2.04. The van der Waals surface area contributed by atoms with Crippen molar-refractivity contribution in [2.24, 2.45) is 20.2 Å². The van der Waals surface area contributed by atoms with Crippen LogP contribution in [0.1, 0.15) is 21.5 Å². The van der Waals surface area contributed by atoms with E-state index in [0.717, 1.165) is 0 Å². The molecule has 0 heterocycles. The number of phenols is 1. The Labute approximate surface area is 267 Å². The van der Waals surface area contributed by atoms with Gasteiger partial charge in [0, 0.05) is 16.0 Å². The quantitative estimate of drug-likeness (QED) is 0.0665. The number of aliphatic hydroxyl groups is 2. The highest BCUT2D eigenvalue weighted by molar-refractivity contribution is 6.35. The smallest absolute Gasteiger partial charge is 0.340 e. The van der Waals surface area contributed by atoms with Gasteiger partial charge in [0.05, 0.1) is 36.1 Å². The molecule has 0 amide bonds. The van der Waals surface area contributed by atoms with Crippen LogP contribution in [0, 0.1) is 0 Å². The van der Waals surface area contributed by atoms with E-state index in [2.05, 4.69) is 20.2 Å². The zero-order valence-corrected chi connectivity index (χ0v) is 25.3. The van der Waals surface area contributed by atoms with Crippen molar-refractivity contribution in [3.63, 3.8) is 0 Å². The first-order valence-corrected chi connectivity index (χ1v) is 14.0. The molecule has 0 radical (unpaired) electrons. The van der Waals surface area contributed by atoms with E-state index in [9.17, 15) is 20.1 Å². The molecule has 5 aromatic rings. The number of esters is 1. The van der Waals surface area contributed by atoms with Crippen LogP contribution >= 0.6 is 23.2 Å². The molecule has 12 heteroatoms. The molecular formula is C33H24Cl2N4O6. The lowest BCUT2D eigenvalue weighted by molar-refractivity contribution is 0.0601. The van der Waals surface area contributed by atoms with Crippen molar-refractivity contribution >= 4 is 74.5 Å². The number of para-hydroxylation sites is 2. The monoisotopic (exact) mass is 642 g/mol. The van der Waals surface area contributed by atoms with Crippen LogP contribution in [0.2, 0.25) is 10.0 Å². The SMILES string of the molecule is COC(=O)c1ccc(C(O)=Nc2cc(Cl)ccc2Cl)cc1N=Nc1c(O)c(C(O)=Nc2ccccc2OC)cc2ccccc12. The molecule has 10 nitrogen and oxygen atoms in total. The van der Waals surface area contributed by atoms with Gasteiger partial charge in [-0.05, 0) is 60.0 Å². The average molecular weight is 643 g/mol. The van der Waals surface area contributed by atoms with E-state index in [1.54, 1.807) is 66.7 Å². The second-order valence-corrected chi connectivity index (χ2v) is 10.2. The lowest BCUT2D eigenvalue weighted by atomic mass is 10.0. The fourth-order valence-corrected chi connectivity index (χ4v) is 4.70.